The van der Waals surface area contributed by atoms with Crippen LogP contribution in [-0.2, 0) is 9.53 Å². The Labute approximate surface area is 166 Å². The van der Waals surface area contributed by atoms with Crippen LogP contribution < -0.4 is 19.5 Å². The van der Waals surface area contributed by atoms with E-state index in [1.807, 2.05) is 0 Å². The van der Waals surface area contributed by atoms with Gasteiger partial charge in [0.05, 0.1) is 37.4 Å². The van der Waals surface area contributed by atoms with E-state index in [2.05, 4.69) is 5.32 Å². The second kappa shape index (κ2) is 9.93. The highest BCUT2D eigenvalue weighted by molar-refractivity contribution is 5.97. The molecule has 0 aliphatic carbocycles. The summed E-state index contributed by atoms with van der Waals surface area (Å²) in [5, 5.41) is 13.5. The first kappa shape index (κ1) is 21.5. The first-order valence-electron chi connectivity index (χ1n) is 8.49. The van der Waals surface area contributed by atoms with E-state index in [9.17, 15) is 19.7 Å². The van der Waals surface area contributed by atoms with Gasteiger partial charge in [0.15, 0.2) is 18.1 Å². The summed E-state index contributed by atoms with van der Waals surface area (Å²) in [4.78, 5) is 34.7. The van der Waals surface area contributed by atoms with Gasteiger partial charge in [-0.2, -0.15) is 0 Å². The van der Waals surface area contributed by atoms with Crippen LogP contribution in [0.25, 0.3) is 0 Å². The predicted octanol–water partition coefficient (Wildman–Crippen LogP) is 2.81. The van der Waals surface area contributed by atoms with Crippen LogP contribution in [0.2, 0.25) is 0 Å². The minimum atomic E-state index is -0.756. The van der Waals surface area contributed by atoms with E-state index < -0.39 is 23.4 Å². The number of nitrogens with zero attached hydrogens (tertiary/aromatic N) is 1. The van der Waals surface area contributed by atoms with Crippen molar-refractivity contribution in [3.8, 4) is 17.2 Å². The highest BCUT2D eigenvalue weighted by Crippen LogP contribution is 2.29. The third-order valence-corrected chi connectivity index (χ3v) is 3.71. The minimum absolute atomic E-state index is 0.0417. The monoisotopic (exact) mass is 404 g/mol. The summed E-state index contributed by atoms with van der Waals surface area (Å²) in [6.07, 6.45) is 0. The van der Waals surface area contributed by atoms with Crippen LogP contribution in [0.5, 0.6) is 17.2 Å². The van der Waals surface area contributed by atoms with Crippen molar-refractivity contribution in [2.45, 2.75) is 6.92 Å². The van der Waals surface area contributed by atoms with Crippen molar-refractivity contribution in [2.75, 3.05) is 32.8 Å². The van der Waals surface area contributed by atoms with Crippen molar-refractivity contribution in [3.63, 3.8) is 0 Å². The summed E-state index contributed by atoms with van der Waals surface area (Å²) in [6.45, 7) is 1.53. The van der Waals surface area contributed by atoms with Crippen LogP contribution in [0.15, 0.2) is 36.4 Å². The molecule has 0 atom stereocenters. The Hall–Kier alpha value is -3.82. The van der Waals surface area contributed by atoms with E-state index >= 15 is 0 Å². The first-order chi connectivity index (χ1) is 13.9. The number of nitro benzene ring substituents is 1. The molecule has 29 heavy (non-hydrogen) atoms. The summed E-state index contributed by atoms with van der Waals surface area (Å²) in [5.74, 6) is -0.403. The number of benzene rings is 2. The topological polar surface area (TPSA) is 126 Å². The van der Waals surface area contributed by atoms with Gasteiger partial charge in [0.2, 0.25) is 0 Å². The molecule has 2 aromatic rings. The van der Waals surface area contributed by atoms with Gasteiger partial charge in [-0.1, -0.05) is 0 Å². The van der Waals surface area contributed by atoms with Crippen molar-refractivity contribution in [2.24, 2.45) is 0 Å². The molecule has 0 heterocycles. The molecule has 154 valence electrons. The number of rotatable bonds is 9. The predicted molar refractivity (Wildman–Crippen MR) is 103 cm³/mol. The van der Waals surface area contributed by atoms with Crippen LogP contribution in [0, 0.1) is 10.1 Å². The van der Waals surface area contributed by atoms with Gasteiger partial charge in [0, 0.05) is 0 Å². The molecule has 0 spiro atoms. The maximum atomic E-state index is 12.2. The molecule has 10 heteroatoms. The Bertz CT molecular complexity index is 913. The molecule has 1 amide bonds. The molecule has 0 radical (unpaired) electrons. The molecule has 2 aromatic carbocycles. The number of hydrogen-bond donors (Lipinski definition) is 1. The number of carbonyl (C=O) groups excluding carboxylic acids is 2. The normalized spacial score (nSPS) is 10.0. The summed E-state index contributed by atoms with van der Waals surface area (Å²) in [6, 6.07) is 8.42. The molecule has 2 rings (SSSR count). The van der Waals surface area contributed by atoms with Crippen LogP contribution in [0.1, 0.15) is 17.3 Å². The zero-order valence-corrected chi connectivity index (χ0v) is 16.1. The fraction of sp³-hybridized carbons (Fsp3) is 0.263. The molecule has 0 aromatic heterocycles. The van der Waals surface area contributed by atoms with E-state index in [0.29, 0.717) is 18.1 Å². The number of ether oxygens (including phenoxy) is 4. The molecular formula is C19H20N2O8. The fourth-order valence-electron chi connectivity index (χ4n) is 2.37. The van der Waals surface area contributed by atoms with Gasteiger partial charge in [-0.25, -0.2) is 4.79 Å². The number of methoxy groups -OCH3 is 2. The lowest BCUT2D eigenvalue weighted by Crippen LogP contribution is -2.21. The number of carbonyl (C=O) groups is 2. The van der Waals surface area contributed by atoms with Gasteiger partial charge in [-0.15, -0.1) is 0 Å². The average Bonchev–Trinajstić information content (AvgIpc) is 2.72. The number of nitrogens with one attached hydrogen (secondary N) is 1. The summed E-state index contributed by atoms with van der Waals surface area (Å²) >= 11 is 0. The molecule has 0 unspecified atom stereocenters. The van der Waals surface area contributed by atoms with E-state index in [0.717, 1.165) is 0 Å². The molecule has 0 fully saturated rings. The van der Waals surface area contributed by atoms with E-state index in [1.54, 1.807) is 13.0 Å². The molecule has 1 N–H and O–H groups in total. The number of hydrogen-bond acceptors (Lipinski definition) is 8. The number of amides is 1. The number of nitro groups is 1. The lowest BCUT2D eigenvalue weighted by atomic mass is 10.2. The Morgan fingerprint density at radius 1 is 1.07 bits per heavy atom. The smallest absolute Gasteiger partial charge is 0.338 e. The number of anilines is 1. The zero-order valence-electron chi connectivity index (χ0n) is 16.1. The summed E-state index contributed by atoms with van der Waals surface area (Å²) in [5.41, 5.74) is -0.224. The third-order valence-electron chi connectivity index (χ3n) is 3.71. The molecule has 0 saturated heterocycles. The minimum Gasteiger partial charge on any atom is -0.496 e. The lowest BCUT2D eigenvalue weighted by molar-refractivity contribution is -0.384. The molecular weight excluding hydrogens is 384 g/mol. The van der Waals surface area contributed by atoms with Crippen molar-refractivity contribution in [1.82, 2.24) is 0 Å². The SMILES string of the molecule is CCOc1cc(C(=O)OCC(=O)Nc2ccc(OC)cc2[N+](=O)[O-])ccc1OC. The molecule has 0 aliphatic rings. The fourth-order valence-corrected chi connectivity index (χ4v) is 2.37. The van der Waals surface area contributed by atoms with Crippen LogP contribution >= 0.6 is 0 Å². The Morgan fingerprint density at radius 2 is 1.83 bits per heavy atom. The van der Waals surface area contributed by atoms with Crippen LogP contribution in [0.4, 0.5) is 11.4 Å². The quantitative estimate of drug-likeness (QED) is 0.384. The second-order valence-corrected chi connectivity index (χ2v) is 5.56. The molecule has 0 bridgehead atoms. The van der Waals surface area contributed by atoms with Gasteiger partial charge in [-0.05, 0) is 37.3 Å². The Kier molecular flexibility index (Phi) is 7.35. The van der Waals surface area contributed by atoms with Gasteiger partial charge < -0.3 is 24.3 Å². The van der Waals surface area contributed by atoms with Crippen LogP contribution in [0.3, 0.4) is 0 Å². The van der Waals surface area contributed by atoms with Crippen molar-refractivity contribution >= 4 is 23.3 Å². The largest absolute Gasteiger partial charge is 0.496 e. The molecule has 10 nitrogen and oxygen atoms in total. The Balaban J connectivity index is 2.03. The lowest BCUT2D eigenvalue weighted by Gasteiger charge is -2.11. The van der Waals surface area contributed by atoms with Crippen molar-refractivity contribution in [1.29, 1.82) is 0 Å². The van der Waals surface area contributed by atoms with Gasteiger partial charge in [-0.3, -0.25) is 14.9 Å². The average molecular weight is 404 g/mol. The Morgan fingerprint density at radius 3 is 2.45 bits per heavy atom. The highest BCUT2D eigenvalue weighted by Gasteiger charge is 2.19. The van der Waals surface area contributed by atoms with Gasteiger partial charge in [0.1, 0.15) is 11.4 Å². The van der Waals surface area contributed by atoms with Crippen molar-refractivity contribution in [3.05, 3.63) is 52.1 Å². The summed E-state index contributed by atoms with van der Waals surface area (Å²) in [7, 11) is 2.84. The molecule has 0 saturated carbocycles. The van der Waals surface area contributed by atoms with Crippen molar-refractivity contribution < 1.29 is 33.5 Å². The van der Waals surface area contributed by atoms with Gasteiger partial charge in [0.25, 0.3) is 11.6 Å². The van der Waals surface area contributed by atoms with Crippen LogP contribution in [-0.4, -0.2) is 44.2 Å². The van der Waals surface area contributed by atoms with E-state index in [-0.39, 0.29) is 22.7 Å². The maximum absolute atomic E-state index is 12.2. The van der Waals surface area contributed by atoms with E-state index in [4.69, 9.17) is 18.9 Å². The standard InChI is InChI=1S/C19H20N2O8/c1-4-28-17-9-12(5-8-16(17)27-3)19(23)29-11-18(22)20-14-7-6-13(26-2)10-15(14)21(24)25/h5-10H,4,11H2,1-3H3,(H,20,22). The third kappa shape index (κ3) is 5.58. The number of esters is 1. The molecule has 0 aliphatic heterocycles. The highest BCUT2D eigenvalue weighted by atomic mass is 16.6. The first-order valence-corrected chi connectivity index (χ1v) is 8.49. The second-order valence-electron chi connectivity index (χ2n) is 5.56. The zero-order chi connectivity index (χ0) is 21.4. The summed E-state index contributed by atoms with van der Waals surface area (Å²) < 4.78 is 20.4. The van der Waals surface area contributed by atoms with Gasteiger partial charge >= 0.3 is 5.97 Å². The van der Waals surface area contributed by atoms with E-state index in [1.165, 1.54) is 44.6 Å². The maximum Gasteiger partial charge on any atom is 0.338 e.